The van der Waals surface area contributed by atoms with E-state index in [2.05, 4.69) is 12.2 Å². The summed E-state index contributed by atoms with van der Waals surface area (Å²) in [7, 11) is 0. The van der Waals surface area contributed by atoms with Gasteiger partial charge in [-0.2, -0.15) is 0 Å². The van der Waals surface area contributed by atoms with Crippen LogP contribution >= 0.6 is 23.2 Å². The van der Waals surface area contributed by atoms with Crippen LogP contribution in [-0.4, -0.2) is 0 Å². The highest BCUT2D eigenvalue weighted by atomic mass is 35.5. The summed E-state index contributed by atoms with van der Waals surface area (Å²) in [4.78, 5) is 0. The van der Waals surface area contributed by atoms with Gasteiger partial charge in [-0.25, -0.2) is 0 Å². The summed E-state index contributed by atoms with van der Waals surface area (Å²) in [5, 5.41) is 4.86. The number of hydrogen-bond acceptors (Lipinski definition) is 1. The zero-order valence-corrected chi connectivity index (χ0v) is 11.0. The first-order chi connectivity index (χ1) is 8.15. The van der Waals surface area contributed by atoms with Crippen molar-refractivity contribution in [2.75, 3.05) is 5.32 Å². The lowest BCUT2D eigenvalue weighted by atomic mass is 10.2. The molecule has 2 aromatic carbocycles. The molecule has 0 saturated carbocycles. The Labute approximate surface area is 111 Å². The molecule has 1 N–H and O–H groups in total. The molecule has 0 fully saturated rings. The van der Waals surface area contributed by atoms with Crippen molar-refractivity contribution < 1.29 is 0 Å². The predicted octanol–water partition coefficient (Wildman–Crippen LogP) is 4.91. The summed E-state index contributed by atoms with van der Waals surface area (Å²) in [6.45, 7) is 2.82. The Morgan fingerprint density at radius 3 is 2.29 bits per heavy atom. The summed E-state index contributed by atoms with van der Waals surface area (Å²) < 4.78 is 0. The van der Waals surface area contributed by atoms with Gasteiger partial charge in [0, 0.05) is 22.3 Å². The van der Waals surface area contributed by atoms with E-state index in [9.17, 15) is 0 Å². The number of benzene rings is 2. The SMILES string of the molecule is Cc1ccc(Cl)cc1NCc1ccc(Cl)cc1. The van der Waals surface area contributed by atoms with Gasteiger partial charge >= 0.3 is 0 Å². The Bertz CT molecular complexity index is 506. The Morgan fingerprint density at radius 2 is 1.59 bits per heavy atom. The Kier molecular flexibility index (Phi) is 3.93. The number of hydrogen-bond donors (Lipinski definition) is 1. The predicted molar refractivity (Wildman–Crippen MR) is 75.0 cm³/mol. The highest BCUT2D eigenvalue weighted by Gasteiger charge is 1.99. The van der Waals surface area contributed by atoms with Crippen molar-refractivity contribution >= 4 is 28.9 Å². The largest absolute Gasteiger partial charge is 0.381 e. The lowest BCUT2D eigenvalue weighted by Gasteiger charge is -2.10. The van der Waals surface area contributed by atoms with Crippen LogP contribution in [0.3, 0.4) is 0 Å². The fraction of sp³-hybridized carbons (Fsp3) is 0.143. The van der Waals surface area contributed by atoms with Crippen molar-refractivity contribution in [2.24, 2.45) is 0 Å². The van der Waals surface area contributed by atoms with Crippen molar-refractivity contribution in [1.29, 1.82) is 0 Å². The topological polar surface area (TPSA) is 12.0 Å². The molecule has 0 spiro atoms. The van der Waals surface area contributed by atoms with E-state index in [-0.39, 0.29) is 0 Å². The lowest BCUT2D eigenvalue weighted by molar-refractivity contribution is 1.14. The molecular weight excluding hydrogens is 253 g/mol. The monoisotopic (exact) mass is 265 g/mol. The third-order valence-electron chi connectivity index (χ3n) is 2.60. The molecule has 0 bridgehead atoms. The van der Waals surface area contributed by atoms with Gasteiger partial charge in [-0.1, -0.05) is 41.4 Å². The van der Waals surface area contributed by atoms with Crippen molar-refractivity contribution in [3.05, 3.63) is 63.6 Å². The molecule has 0 heterocycles. The van der Waals surface area contributed by atoms with Crippen LogP contribution in [-0.2, 0) is 6.54 Å². The van der Waals surface area contributed by atoms with Crippen LogP contribution in [0, 0.1) is 6.92 Å². The minimum Gasteiger partial charge on any atom is -0.381 e. The van der Waals surface area contributed by atoms with E-state index in [1.807, 2.05) is 42.5 Å². The van der Waals surface area contributed by atoms with Crippen molar-refractivity contribution in [2.45, 2.75) is 13.5 Å². The Balaban J connectivity index is 2.07. The molecule has 0 aliphatic carbocycles. The van der Waals surface area contributed by atoms with Crippen LogP contribution in [0.25, 0.3) is 0 Å². The van der Waals surface area contributed by atoms with Crippen LogP contribution in [0.15, 0.2) is 42.5 Å². The van der Waals surface area contributed by atoms with Gasteiger partial charge in [0.2, 0.25) is 0 Å². The molecule has 0 aromatic heterocycles. The molecule has 0 unspecified atom stereocenters. The van der Waals surface area contributed by atoms with E-state index in [1.165, 1.54) is 11.1 Å². The molecule has 88 valence electrons. The first-order valence-corrected chi connectivity index (χ1v) is 6.15. The van der Waals surface area contributed by atoms with E-state index in [0.29, 0.717) is 0 Å². The smallest absolute Gasteiger partial charge is 0.0426 e. The second-order valence-electron chi connectivity index (χ2n) is 3.94. The van der Waals surface area contributed by atoms with Crippen molar-refractivity contribution in [3.63, 3.8) is 0 Å². The number of halogens is 2. The molecule has 2 aromatic rings. The van der Waals surface area contributed by atoms with Crippen LogP contribution in [0.4, 0.5) is 5.69 Å². The zero-order valence-electron chi connectivity index (χ0n) is 9.50. The molecule has 0 amide bonds. The summed E-state index contributed by atoms with van der Waals surface area (Å²) in [5.74, 6) is 0. The van der Waals surface area contributed by atoms with E-state index in [1.54, 1.807) is 0 Å². The standard InChI is InChI=1S/C14H13Cl2N/c1-10-2-5-13(16)8-14(10)17-9-11-3-6-12(15)7-4-11/h2-8,17H,9H2,1H3. The highest BCUT2D eigenvalue weighted by molar-refractivity contribution is 6.31. The van der Waals surface area contributed by atoms with Crippen LogP contribution < -0.4 is 5.32 Å². The van der Waals surface area contributed by atoms with Gasteiger partial charge in [0.25, 0.3) is 0 Å². The average molecular weight is 266 g/mol. The van der Waals surface area contributed by atoms with Gasteiger partial charge < -0.3 is 5.32 Å². The van der Waals surface area contributed by atoms with Gasteiger partial charge in [-0.15, -0.1) is 0 Å². The van der Waals surface area contributed by atoms with Crippen LogP contribution in [0.5, 0.6) is 0 Å². The summed E-state index contributed by atoms with van der Waals surface area (Å²) in [5.41, 5.74) is 3.43. The van der Waals surface area contributed by atoms with E-state index >= 15 is 0 Å². The lowest BCUT2D eigenvalue weighted by Crippen LogP contribution is -2.00. The maximum Gasteiger partial charge on any atom is 0.0426 e. The second kappa shape index (κ2) is 5.44. The summed E-state index contributed by atoms with van der Waals surface area (Å²) >= 11 is 11.8. The van der Waals surface area contributed by atoms with Gasteiger partial charge in [0.05, 0.1) is 0 Å². The highest BCUT2D eigenvalue weighted by Crippen LogP contribution is 2.21. The maximum absolute atomic E-state index is 5.96. The minimum absolute atomic E-state index is 0.745. The number of rotatable bonds is 3. The molecule has 0 radical (unpaired) electrons. The summed E-state index contributed by atoms with van der Waals surface area (Å²) in [6.07, 6.45) is 0. The fourth-order valence-corrected chi connectivity index (χ4v) is 1.88. The van der Waals surface area contributed by atoms with Crippen LogP contribution in [0.2, 0.25) is 10.0 Å². The van der Waals surface area contributed by atoms with Gasteiger partial charge in [-0.05, 0) is 42.3 Å². The number of anilines is 1. The van der Waals surface area contributed by atoms with E-state index in [4.69, 9.17) is 23.2 Å². The molecule has 17 heavy (non-hydrogen) atoms. The first kappa shape index (κ1) is 12.3. The molecule has 0 aliphatic heterocycles. The molecule has 0 aliphatic rings. The Hall–Kier alpha value is -1.18. The molecule has 0 saturated heterocycles. The zero-order chi connectivity index (χ0) is 12.3. The molecule has 3 heteroatoms. The number of aryl methyl sites for hydroxylation is 1. The third kappa shape index (κ3) is 3.39. The first-order valence-electron chi connectivity index (χ1n) is 5.39. The third-order valence-corrected chi connectivity index (χ3v) is 3.08. The second-order valence-corrected chi connectivity index (χ2v) is 4.81. The quantitative estimate of drug-likeness (QED) is 0.831. The fourth-order valence-electron chi connectivity index (χ4n) is 1.58. The summed E-state index contributed by atoms with van der Waals surface area (Å²) in [6, 6.07) is 13.6. The van der Waals surface area contributed by atoms with E-state index in [0.717, 1.165) is 22.3 Å². The average Bonchev–Trinajstić information content (AvgIpc) is 2.32. The Morgan fingerprint density at radius 1 is 0.941 bits per heavy atom. The normalized spacial score (nSPS) is 10.3. The maximum atomic E-state index is 5.96. The molecular formula is C14H13Cl2N. The van der Waals surface area contributed by atoms with Crippen molar-refractivity contribution in [1.82, 2.24) is 0 Å². The number of nitrogens with one attached hydrogen (secondary N) is 1. The molecule has 2 rings (SSSR count). The minimum atomic E-state index is 0.745. The molecule has 0 atom stereocenters. The van der Waals surface area contributed by atoms with Gasteiger partial charge in [0.15, 0.2) is 0 Å². The van der Waals surface area contributed by atoms with Crippen LogP contribution in [0.1, 0.15) is 11.1 Å². The van der Waals surface area contributed by atoms with Gasteiger partial charge in [-0.3, -0.25) is 0 Å². The van der Waals surface area contributed by atoms with Crippen molar-refractivity contribution in [3.8, 4) is 0 Å². The van der Waals surface area contributed by atoms with Gasteiger partial charge in [0.1, 0.15) is 0 Å². The van der Waals surface area contributed by atoms with E-state index < -0.39 is 0 Å². The molecule has 1 nitrogen and oxygen atoms in total.